The van der Waals surface area contributed by atoms with Crippen molar-refractivity contribution >= 4 is 45.8 Å². The van der Waals surface area contributed by atoms with Gasteiger partial charge in [-0.05, 0) is 104 Å². The molecular weight excluding hydrogens is 546 g/mol. The number of allylic oxidation sites excluding steroid dienone is 1. The van der Waals surface area contributed by atoms with Crippen molar-refractivity contribution in [2.24, 2.45) is 0 Å². The van der Waals surface area contributed by atoms with Gasteiger partial charge in [-0.2, -0.15) is 0 Å². The summed E-state index contributed by atoms with van der Waals surface area (Å²) in [4.78, 5) is 26.5. The predicted molar refractivity (Wildman–Crippen MR) is 168 cm³/mol. The Labute approximate surface area is 250 Å². The monoisotopic (exact) mass is 583 g/mol. The number of hydrogen-bond donors (Lipinski definition) is 0. The molecule has 2 aromatic heterocycles. The molecule has 0 amide bonds. The molecule has 0 saturated heterocycles. The summed E-state index contributed by atoms with van der Waals surface area (Å²) in [7, 11) is 3.10. The zero-order valence-electron chi connectivity index (χ0n) is 24.9. The topological polar surface area (TPSA) is 66.8 Å². The first kappa shape index (κ1) is 28.3. The van der Waals surface area contributed by atoms with Crippen LogP contribution in [0.3, 0.4) is 0 Å². The highest BCUT2D eigenvalue weighted by Crippen LogP contribution is 2.48. The maximum absolute atomic E-state index is 13.2. The van der Waals surface area contributed by atoms with Gasteiger partial charge in [0.1, 0.15) is 16.2 Å². The van der Waals surface area contributed by atoms with Crippen LogP contribution in [0.2, 0.25) is 0 Å². The molecule has 1 aliphatic heterocycles. The van der Waals surface area contributed by atoms with Crippen molar-refractivity contribution in [2.45, 2.75) is 70.9 Å². The maximum Gasteiger partial charge on any atom is 0.348 e. The van der Waals surface area contributed by atoms with Crippen LogP contribution in [0, 0.1) is 0 Å². The fourth-order valence-corrected chi connectivity index (χ4v) is 7.33. The van der Waals surface area contributed by atoms with E-state index >= 15 is 0 Å². The predicted octanol–water partition coefficient (Wildman–Crippen LogP) is 8.72. The van der Waals surface area contributed by atoms with E-state index in [0.29, 0.717) is 22.9 Å². The van der Waals surface area contributed by atoms with Crippen molar-refractivity contribution in [1.29, 1.82) is 0 Å². The minimum Gasteiger partial charge on any atom is -0.497 e. The van der Waals surface area contributed by atoms with Gasteiger partial charge < -0.3 is 18.8 Å². The number of nitrogens with zero attached hydrogens (tertiary/aromatic N) is 1. The molecule has 3 heterocycles. The summed E-state index contributed by atoms with van der Waals surface area (Å²) in [6.45, 7) is 6.19. The van der Waals surface area contributed by atoms with Gasteiger partial charge in [-0.1, -0.05) is 25.3 Å². The Morgan fingerprint density at radius 2 is 1.71 bits per heavy atom. The van der Waals surface area contributed by atoms with E-state index < -0.39 is 5.60 Å². The summed E-state index contributed by atoms with van der Waals surface area (Å²) >= 11 is 1.39. The van der Waals surface area contributed by atoms with Crippen LogP contribution in [0.1, 0.15) is 95.5 Å². The lowest BCUT2D eigenvalue weighted by Crippen LogP contribution is -2.23. The average molecular weight is 584 g/mol. The van der Waals surface area contributed by atoms with E-state index in [1.165, 1.54) is 54.4 Å². The Morgan fingerprint density at radius 3 is 2.43 bits per heavy atom. The van der Waals surface area contributed by atoms with Crippen molar-refractivity contribution in [3.8, 4) is 17.0 Å². The quantitative estimate of drug-likeness (QED) is 0.220. The van der Waals surface area contributed by atoms with Gasteiger partial charge in [-0.25, -0.2) is 9.59 Å². The molecule has 0 atom stereocenters. The fraction of sp³-hybridized carbons (Fsp3) is 0.371. The molecule has 0 unspecified atom stereocenters. The molecule has 0 bridgehead atoms. The molecule has 7 heteroatoms. The number of ether oxygens (including phenoxy) is 3. The van der Waals surface area contributed by atoms with Crippen molar-refractivity contribution in [3.05, 3.63) is 75.0 Å². The zero-order chi connectivity index (χ0) is 29.6. The second-order valence-electron chi connectivity index (χ2n) is 12.2. The molecule has 1 saturated carbocycles. The van der Waals surface area contributed by atoms with E-state index in [1.54, 1.807) is 7.11 Å². The van der Waals surface area contributed by atoms with Gasteiger partial charge in [0.25, 0.3) is 0 Å². The number of rotatable bonds is 5. The molecule has 6 rings (SSSR count). The third kappa shape index (κ3) is 5.15. The number of esters is 2. The van der Waals surface area contributed by atoms with Gasteiger partial charge in [0.15, 0.2) is 0 Å². The van der Waals surface area contributed by atoms with Gasteiger partial charge in [0, 0.05) is 28.6 Å². The number of aromatic nitrogens is 1. The molecule has 218 valence electrons. The first-order chi connectivity index (χ1) is 20.2. The van der Waals surface area contributed by atoms with Crippen molar-refractivity contribution < 1.29 is 23.8 Å². The Kier molecular flexibility index (Phi) is 7.48. The maximum atomic E-state index is 13.2. The minimum atomic E-state index is -0.591. The van der Waals surface area contributed by atoms with Gasteiger partial charge in [0.05, 0.1) is 25.5 Å². The normalized spacial score (nSPS) is 15.4. The molecule has 2 aliphatic rings. The Morgan fingerprint density at radius 1 is 0.929 bits per heavy atom. The molecule has 0 spiro atoms. The van der Waals surface area contributed by atoms with Crippen LogP contribution in [-0.4, -0.2) is 36.3 Å². The SMILES string of the molecule is COC(=O)c1sccc1C1=Cc2cc(OC)ccc2-c2c(C3CCCCC3)c3ccc(C(=O)OC(C)(C)C)cc3n2C1. The van der Waals surface area contributed by atoms with Gasteiger partial charge in [-0.3, -0.25) is 0 Å². The van der Waals surface area contributed by atoms with E-state index in [2.05, 4.69) is 28.8 Å². The Balaban J connectivity index is 1.63. The minimum absolute atomic E-state index is 0.334. The number of fused-ring (bicyclic) bond motifs is 5. The van der Waals surface area contributed by atoms with Gasteiger partial charge in [-0.15, -0.1) is 11.3 Å². The summed E-state index contributed by atoms with van der Waals surface area (Å²) in [6.07, 6.45) is 8.15. The van der Waals surface area contributed by atoms with Crippen LogP contribution >= 0.6 is 11.3 Å². The smallest absolute Gasteiger partial charge is 0.348 e. The summed E-state index contributed by atoms with van der Waals surface area (Å²) in [5.41, 5.74) is 7.48. The fourth-order valence-electron chi connectivity index (χ4n) is 6.48. The van der Waals surface area contributed by atoms with Crippen LogP contribution < -0.4 is 4.74 Å². The number of carbonyl (C=O) groups excluding carboxylic acids is 2. The van der Waals surface area contributed by atoms with E-state index in [1.807, 2.05) is 50.4 Å². The number of thiophene rings is 1. The Bertz CT molecular complexity index is 1710. The first-order valence-corrected chi connectivity index (χ1v) is 15.5. The second kappa shape index (κ2) is 11.1. The molecular formula is C35H37NO5S. The zero-order valence-corrected chi connectivity index (χ0v) is 25.7. The van der Waals surface area contributed by atoms with Crippen LogP contribution in [0.25, 0.3) is 33.8 Å². The number of benzene rings is 2. The van der Waals surface area contributed by atoms with Crippen LogP contribution in [-0.2, 0) is 16.0 Å². The van der Waals surface area contributed by atoms with Crippen LogP contribution in [0.4, 0.5) is 0 Å². The number of methoxy groups -OCH3 is 2. The highest BCUT2D eigenvalue weighted by atomic mass is 32.1. The number of carbonyl (C=O) groups is 2. The van der Waals surface area contributed by atoms with Crippen molar-refractivity contribution in [3.63, 3.8) is 0 Å². The molecule has 2 aromatic carbocycles. The van der Waals surface area contributed by atoms with Crippen molar-refractivity contribution in [2.75, 3.05) is 14.2 Å². The summed E-state index contributed by atoms with van der Waals surface area (Å²) in [5, 5.41) is 3.11. The average Bonchev–Trinajstić information content (AvgIpc) is 3.54. The second-order valence-corrected chi connectivity index (χ2v) is 13.1. The Hall–Kier alpha value is -3.84. The van der Waals surface area contributed by atoms with Crippen LogP contribution in [0.15, 0.2) is 47.8 Å². The standard InChI is InChI=1S/C35H37NO5S/c1-35(2,3)41-33(37)22-11-13-28-29(19-22)36-20-24(27-15-16-42-32(27)34(38)40-5)17-23-18-25(39-4)12-14-26(23)31(36)30(28)21-9-7-6-8-10-21/h11-19,21H,6-10,20H2,1-5H3. The van der Waals surface area contributed by atoms with E-state index in [4.69, 9.17) is 14.2 Å². The summed E-state index contributed by atoms with van der Waals surface area (Å²) in [6, 6.07) is 14.2. The summed E-state index contributed by atoms with van der Waals surface area (Å²) in [5.74, 6) is 0.523. The molecule has 4 aromatic rings. The van der Waals surface area contributed by atoms with Crippen molar-refractivity contribution in [1.82, 2.24) is 4.57 Å². The first-order valence-electron chi connectivity index (χ1n) is 14.6. The summed E-state index contributed by atoms with van der Waals surface area (Å²) < 4.78 is 18.9. The van der Waals surface area contributed by atoms with Crippen LogP contribution in [0.5, 0.6) is 5.75 Å². The van der Waals surface area contributed by atoms with E-state index in [0.717, 1.165) is 46.4 Å². The lowest BCUT2D eigenvalue weighted by atomic mass is 9.81. The molecule has 42 heavy (non-hydrogen) atoms. The van der Waals surface area contributed by atoms with Gasteiger partial charge >= 0.3 is 11.9 Å². The molecule has 1 fully saturated rings. The third-order valence-electron chi connectivity index (χ3n) is 8.31. The highest BCUT2D eigenvalue weighted by Gasteiger charge is 2.31. The molecule has 0 radical (unpaired) electrons. The lowest BCUT2D eigenvalue weighted by Gasteiger charge is -2.24. The highest BCUT2D eigenvalue weighted by molar-refractivity contribution is 7.12. The largest absolute Gasteiger partial charge is 0.497 e. The van der Waals surface area contributed by atoms with E-state index in [-0.39, 0.29) is 11.9 Å². The molecule has 1 aliphatic carbocycles. The lowest BCUT2D eigenvalue weighted by molar-refractivity contribution is 0.00694. The molecule has 6 nitrogen and oxygen atoms in total. The third-order valence-corrected chi connectivity index (χ3v) is 9.20. The molecule has 0 N–H and O–H groups in total. The van der Waals surface area contributed by atoms with E-state index in [9.17, 15) is 9.59 Å². The number of hydrogen-bond acceptors (Lipinski definition) is 6. The van der Waals surface area contributed by atoms with Gasteiger partial charge in [0.2, 0.25) is 0 Å².